The first-order valence-corrected chi connectivity index (χ1v) is 23.8. The minimum Gasteiger partial charge on any atom is -0.465 e. The van der Waals surface area contributed by atoms with Gasteiger partial charge in [-0.25, -0.2) is 5.43 Å². The first kappa shape index (κ1) is 49.8. The lowest BCUT2D eigenvalue weighted by atomic mass is 9.84. The van der Waals surface area contributed by atoms with Gasteiger partial charge in [-0.05, 0) is 111 Å². The van der Waals surface area contributed by atoms with Gasteiger partial charge in [-0.1, -0.05) is 64.6 Å². The fourth-order valence-corrected chi connectivity index (χ4v) is 9.62. The van der Waals surface area contributed by atoms with Crippen molar-refractivity contribution >= 4 is 40.3 Å². The molecule has 66 heavy (non-hydrogen) atoms. The number of hydrogen-bond acceptors (Lipinski definition) is 9. The van der Waals surface area contributed by atoms with Crippen molar-refractivity contribution in [1.82, 2.24) is 30.2 Å². The lowest BCUT2D eigenvalue weighted by Crippen LogP contribution is -2.57. The summed E-state index contributed by atoms with van der Waals surface area (Å²) in [6.07, 6.45) is 7.07. The molecule has 13 heteroatoms. The number of aromatic nitrogens is 2. The fourth-order valence-electron chi connectivity index (χ4n) is 9.62. The van der Waals surface area contributed by atoms with Crippen LogP contribution in [-0.4, -0.2) is 101 Å². The first-order chi connectivity index (χ1) is 31.6. The third kappa shape index (κ3) is 11.6. The maximum atomic E-state index is 14.5. The minimum absolute atomic E-state index is 0.0365. The van der Waals surface area contributed by atoms with Gasteiger partial charge in [0.2, 0.25) is 11.8 Å². The van der Waals surface area contributed by atoms with Crippen LogP contribution < -0.4 is 10.7 Å². The number of hydrogen-bond donors (Lipinski definition) is 2. The average Bonchev–Trinajstić information content (AvgIpc) is 3.90. The summed E-state index contributed by atoms with van der Waals surface area (Å²) in [7, 11) is 1.69. The SMILES string of the molecule is C=CC(=O)N(CC)CC1=NC(C(C(=O)NC(Cc2cccc(-c3ccc4c(c3)c(CC(C)(C)COC(C)=O)c(-c3cccnc3C(C)OC)n4CC)c2)C(=O)N2CCCCN2)C(C)C)CC1. The Bertz CT molecular complexity index is 2410. The van der Waals surface area contributed by atoms with Crippen molar-refractivity contribution in [3.8, 4) is 22.4 Å². The Labute approximate surface area is 391 Å². The summed E-state index contributed by atoms with van der Waals surface area (Å²) in [5, 5.41) is 5.99. The lowest BCUT2D eigenvalue weighted by Gasteiger charge is -2.33. The van der Waals surface area contributed by atoms with Crippen LogP contribution >= 0.6 is 0 Å². The number of likely N-dealkylation sites (N-methyl/N-ethyl adjacent to an activating group) is 1. The Morgan fingerprint density at radius 2 is 1.82 bits per heavy atom. The van der Waals surface area contributed by atoms with Crippen molar-refractivity contribution in [3.05, 3.63) is 90.3 Å². The molecule has 0 aliphatic carbocycles. The van der Waals surface area contributed by atoms with E-state index in [1.54, 1.807) is 23.2 Å². The number of nitrogens with one attached hydrogen (secondary N) is 2. The number of carbonyl (C=O) groups excluding carboxylic acids is 4. The van der Waals surface area contributed by atoms with Gasteiger partial charge in [0.1, 0.15) is 6.04 Å². The molecule has 0 radical (unpaired) electrons. The van der Waals surface area contributed by atoms with Crippen molar-refractivity contribution in [2.24, 2.45) is 22.2 Å². The number of pyridine rings is 1. The van der Waals surface area contributed by atoms with Gasteiger partial charge in [0.15, 0.2) is 0 Å². The zero-order chi connectivity index (χ0) is 47.7. The number of methoxy groups -OCH3 is 1. The second-order valence-electron chi connectivity index (χ2n) is 18.9. The second kappa shape index (κ2) is 22.2. The maximum absolute atomic E-state index is 14.5. The molecule has 4 heterocycles. The highest BCUT2D eigenvalue weighted by molar-refractivity contribution is 5.96. The zero-order valence-electron chi connectivity index (χ0n) is 40.6. The van der Waals surface area contributed by atoms with Crippen molar-refractivity contribution in [2.45, 2.75) is 119 Å². The van der Waals surface area contributed by atoms with E-state index in [1.165, 1.54) is 13.0 Å². The molecule has 354 valence electrons. The average molecular weight is 902 g/mol. The number of benzene rings is 2. The molecule has 4 unspecified atom stereocenters. The van der Waals surface area contributed by atoms with Crippen molar-refractivity contribution in [3.63, 3.8) is 0 Å². The monoisotopic (exact) mass is 902 g/mol. The summed E-state index contributed by atoms with van der Waals surface area (Å²) >= 11 is 0. The van der Waals surface area contributed by atoms with Gasteiger partial charge in [-0.3, -0.25) is 34.2 Å². The Morgan fingerprint density at radius 3 is 2.48 bits per heavy atom. The first-order valence-electron chi connectivity index (χ1n) is 23.8. The van der Waals surface area contributed by atoms with Gasteiger partial charge < -0.3 is 24.3 Å². The number of rotatable bonds is 20. The van der Waals surface area contributed by atoms with E-state index in [9.17, 15) is 19.2 Å². The highest BCUT2D eigenvalue weighted by Crippen LogP contribution is 2.42. The van der Waals surface area contributed by atoms with Gasteiger partial charge in [0.05, 0.1) is 42.6 Å². The van der Waals surface area contributed by atoms with E-state index in [0.29, 0.717) is 58.4 Å². The largest absolute Gasteiger partial charge is 0.465 e. The molecule has 0 saturated carbocycles. The van der Waals surface area contributed by atoms with Crippen molar-refractivity contribution in [2.75, 3.05) is 39.9 Å². The molecule has 4 atom stereocenters. The molecule has 1 saturated heterocycles. The molecular formula is C53H71N7O6. The van der Waals surface area contributed by atoms with Crippen LogP contribution in [0.25, 0.3) is 33.3 Å². The number of hydrazine groups is 1. The summed E-state index contributed by atoms with van der Waals surface area (Å²) in [6, 6.07) is 17.8. The summed E-state index contributed by atoms with van der Waals surface area (Å²) < 4.78 is 13.7. The van der Waals surface area contributed by atoms with Crippen LogP contribution in [0.1, 0.15) is 104 Å². The molecule has 0 spiro atoms. The number of aryl methyl sites for hydroxylation is 1. The van der Waals surface area contributed by atoms with Crippen LogP contribution in [0.4, 0.5) is 0 Å². The van der Waals surface area contributed by atoms with E-state index in [0.717, 1.165) is 68.7 Å². The van der Waals surface area contributed by atoms with Gasteiger partial charge in [-0.15, -0.1) is 0 Å². The Hall–Kier alpha value is -5.66. The predicted octanol–water partition coefficient (Wildman–Crippen LogP) is 8.29. The van der Waals surface area contributed by atoms with E-state index >= 15 is 0 Å². The fraction of sp³-hybridized carbons (Fsp3) is 0.509. The normalized spacial score (nSPS) is 16.7. The molecule has 2 aromatic heterocycles. The van der Waals surface area contributed by atoms with Crippen molar-refractivity contribution < 1.29 is 28.7 Å². The number of fused-ring (bicyclic) bond motifs is 1. The quantitative estimate of drug-likeness (QED) is 0.0666. The van der Waals surface area contributed by atoms with Crippen molar-refractivity contribution in [1.29, 1.82) is 0 Å². The molecule has 2 aromatic carbocycles. The number of aliphatic imine (C=N–C) groups is 1. The van der Waals surface area contributed by atoms with E-state index < -0.39 is 17.4 Å². The summed E-state index contributed by atoms with van der Waals surface area (Å²) in [6.45, 7) is 22.7. The van der Waals surface area contributed by atoms with E-state index in [-0.39, 0.29) is 48.4 Å². The second-order valence-corrected chi connectivity index (χ2v) is 18.9. The molecular weight excluding hydrogens is 831 g/mol. The Balaban J connectivity index is 1.36. The Kier molecular flexibility index (Phi) is 16.8. The van der Waals surface area contributed by atoms with E-state index in [4.69, 9.17) is 19.5 Å². The molecule has 13 nitrogen and oxygen atoms in total. The molecule has 0 bridgehead atoms. The predicted molar refractivity (Wildman–Crippen MR) is 262 cm³/mol. The van der Waals surface area contributed by atoms with Gasteiger partial charge in [0.25, 0.3) is 5.91 Å². The number of ether oxygens (including phenoxy) is 2. The third-order valence-corrected chi connectivity index (χ3v) is 13.1. The zero-order valence-corrected chi connectivity index (χ0v) is 40.6. The van der Waals surface area contributed by atoms with Crippen LogP contribution in [0.15, 0.2) is 78.4 Å². The lowest BCUT2D eigenvalue weighted by molar-refractivity contribution is -0.144. The van der Waals surface area contributed by atoms with Gasteiger partial charge in [-0.2, -0.15) is 0 Å². The van der Waals surface area contributed by atoms with E-state index in [1.807, 2.05) is 45.9 Å². The number of carbonyl (C=O) groups is 4. The summed E-state index contributed by atoms with van der Waals surface area (Å²) in [5.74, 6) is -1.30. The molecule has 3 amide bonds. The smallest absolute Gasteiger partial charge is 0.302 e. The third-order valence-electron chi connectivity index (χ3n) is 13.1. The van der Waals surface area contributed by atoms with Crippen LogP contribution in [0.2, 0.25) is 0 Å². The molecule has 1 fully saturated rings. The Morgan fingerprint density at radius 1 is 1.05 bits per heavy atom. The molecule has 2 aliphatic heterocycles. The molecule has 2 aliphatic rings. The highest BCUT2D eigenvalue weighted by Gasteiger charge is 2.37. The van der Waals surface area contributed by atoms with Crippen LogP contribution in [0, 0.1) is 17.3 Å². The topological polar surface area (TPSA) is 147 Å². The van der Waals surface area contributed by atoms with Crippen LogP contribution in [-0.2, 0) is 48.0 Å². The van der Waals surface area contributed by atoms with Crippen LogP contribution in [0.5, 0.6) is 0 Å². The minimum atomic E-state index is -0.817. The van der Waals surface area contributed by atoms with Crippen LogP contribution in [0.3, 0.4) is 0 Å². The van der Waals surface area contributed by atoms with E-state index in [2.05, 4.69) is 79.1 Å². The summed E-state index contributed by atoms with van der Waals surface area (Å²) in [4.78, 5) is 64.8. The molecule has 2 N–H and O–H groups in total. The summed E-state index contributed by atoms with van der Waals surface area (Å²) in [5.41, 5.74) is 11.8. The number of nitrogens with zero attached hydrogens (tertiary/aromatic N) is 5. The highest BCUT2D eigenvalue weighted by atomic mass is 16.5. The number of esters is 1. The molecule has 6 rings (SSSR count). The van der Waals surface area contributed by atoms with Gasteiger partial charge in [0, 0.05) is 80.4 Å². The standard InChI is InChI=1S/C53H71N7O6/c1-11-47(62)58(12-2)32-40-22-23-44(56-40)48(34(4)5)51(63)57-45(52(64)60-27-15-14-26-55-60)29-37-18-16-19-38(28-37)39-21-24-46-42(30-39)43(31-53(8,9)33-66-36(7)61)50(59(46)13-3)41-20-17-25-54-49(41)35(6)65-10/h11,16-21,24-25,28,30,34-35,44-45,48,55H,1,12-15,22-23,26-27,29,31-33H2,2-10H3,(H,57,63). The van der Waals surface area contributed by atoms with Gasteiger partial charge >= 0.3 is 5.97 Å². The molecule has 4 aromatic rings. The number of amides is 3. The maximum Gasteiger partial charge on any atom is 0.302 e.